The highest BCUT2D eigenvalue weighted by Crippen LogP contribution is 2.23. The maximum Gasteiger partial charge on any atom is 0.278 e. The van der Waals surface area contributed by atoms with Crippen molar-refractivity contribution in [2.75, 3.05) is 0 Å². The molecule has 0 aliphatic carbocycles. The predicted octanol–water partition coefficient (Wildman–Crippen LogP) is 1.63. The first-order chi connectivity index (χ1) is 9.49. The van der Waals surface area contributed by atoms with Crippen LogP contribution in [0.2, 0.25) is 0 Å². The largest absolute Gasteiger partial charge is 0.305 e. The van der Waals surface area contributed by atoms with Crippen LogP contribution in [0.4, 0.5) is 5.69 Å². The smallest absolute Gasteiger partial charge is 0.278 e. The van der Waals surface area contributed by atoms with E-state index in [1.807, 2.05) is 19.3 Å². The van der Waals surface area contributed by atoms with Crippen molar-refractivity contribution in [1.82, 2.24) is 20.1 Å². The van der Waals surface area contributed by atoms with Gasteiger partial charge in [-0.2, -0.15) is 5.10 Å². The van der Waals surface area contributed by atoms with Crippen LogP contribution in [0.15, 0.2) is 18.5 Å². The fraction of sp³-hybridized carbons (Fsp3) is 0.385. The van der Waals surface area contributed by atoms with Gasteiger partial charge in [-0.05, 0) is 19.9 Å². The molecule has 0 atom stereocenters. The summed E-state index contributed by atoms with van der Waals surface area (Å²) in [5.74, 6) is 0. The van der Waals surface area contributed by atoms with Crippen LogP contribution in [0.3, 0.4) is 0 Å². The number of nitrogens with zero attached hydrogens (tertiary/aromatic N) is 4. The predicted molar refractivity (Wildman–Crippen MR) is 74.1 cm³/mol. The van der Waals surface area contributed by atoms with Crippen molar-refractivity contribution >= 4 is 5.69 Å². The van der Waals surface area contributed by atoms with Gasteiger partial charge >= 0.3 is 0 Å². The molecule has 0 fully saturated rings. The molecule has 7 heteroatoms. The maximum absolute atomic E-state index is 11.0. The molecule has 0 saturated heterocycles. The second kappa shape index (κ2) is 5.79. The highest BCUT2D eigenvalue weighted by atomic mass is 16.6. The molecule has 0 aliphatic rings. The van der Waals surface area contributed by atoms with Crippen molar-refractivity contribution in [1.29, 1.82) is 0 Å². The average molecular weight is 275 g/mol. The fourth-order valence-electron chi connectivity index (χ4n) is 2.09. The summed E-state index contributed by atoms with van der Waals surface area (Å²) in [5, 5.41) is 18.5. The van der Waals surface area contributed by atoms with Gasteiger partial charge in [0.05, 0.1) is 16.3 Å². The van der Waals surface area contributed by atoms with Gasteiger partial charge in [0.15, 0.2) is 0 Å². The monoisotopic (exact) mass is 275 g/mol. The Morgan fingerprint density at radius 3 is 2.75 bits per heavy atom. The Morgan fingerprint density at radius 2 is 2.15 bits per heavy atom. The zero-order valence-electron chi connectivity index (χ0n) is 11.8. The molecule has 0 aliphatic heterocycles. The summed E-state index contributed by atoms with van der Waals surface area (Å²) in [6.07, 6.45) is 3.42. The molecule has 0 unspecified atom stereocenters. The molecule has 7 nitrogen and oxygen atoms in total. The van der Waals surface area contributed by atoms with E-state index in [1.54, 1.807) is 24.7 Å². The lowest BCUT2D eigenvalue weighted by Gasteiger charge is -2.08. The summed E-state index contributed by atoms with van der Waals surface area (Å²) in [7, 11) is 1.86. The molecule has 0 radical (unpaired) electrons. The van der Waals surface area contributed by atoms with E-state index < -0.39 is 0 Å². The van der Waals surface area contributed by atoms with E-state index in [1.165, 1.54) is 0 Å². The molecule has 106 valence electrons. The summed E-state index contributed by atoms with van der Waals surface area (Å²) in [4.78, 5) is 14.9. The minimum atomic E-state index is -0.353. The molecule has 0 aromatic carbocycles. The molecular weight excluding hydrogens is 258 g/mol. The second-order valence-corrected chi connectivity index (χ2v) is 4.70. The number of hydrogen-bond acceptors (Lipinski definition) is 5. The van der Waals surface area contributed by atoms with Crippen LogP contribution in [0, 0.1) is 24.0 Å². The third-order valence-electron chi connectivity index (χ3n) is 3.13. The number of pyridine rings is 1. The van der Waals surface area contributed by atoms with Crippen molar-refractivity contribution in [3.8, 4) is 0 Å². The highest BCUT2D eigenvalue weighted by molar-refractivity contribution is 5.47. The molecule has 20 heavy (non-hydrogen) atoms. The van der Waals surface area contributed by atoms with Gasteiger partial charge in [0.1, 0.15) is 0 Å². The van der Waals surface area contributed by atoms with Gasteiger partial charge in [0, 0.05) is 43.7 Å². The Bertz CT molecular complexity index is 636. The third kappa shape index (κ3) is 3.00. The third-order valence-corrected chi connectivity index (χ3v) is 3.13. The minimum absolute atomic E-state index is 0.148. The molecule has 2 heterocycles. The molecule has 2 aromatic heterocycles. The molecule has 2 rings (SSSR count). The van der Waals surface area contributed by atoms with Crippen molar-refractivity contribution in [3.05, 3.63) is 51.1 Å². The van der Waals surface area contributed by atoms with Gasteiger partial charge in [0.2, 0.25) is 0 Å². The van der Waals surface area contributed by atoms with Crippen molar-refractivity contribution in [2.24, 2.45) is 7.05 Å². The van der Waals surface area contributed by atoms with Crippen LogP contribution in [-0.4, -0.2) is 19.7 Å². The fourth-order valence-corrected chi connectivity index (χ4v) is 2.09. The van der Waals surface area contributed by atoms with E-state index in [4.69, 9.17) is 0 Å². The van der Waals surface area contributed by atoms with Gasteiger partial charge in [-0.3, -0.25) is 19.8 Å². The van der Waals surface area contributed by atoms with Crippen molar-refractivity contribution < 1.29 is 4.92 Å². The normalized spacial score (nSPS) is 10.8. The number of aryl methyl sites for hydroxylation is 2. The Balaban J connectivity index is 2.06. The van der Waals surface area contributed by atoms with Crippen LogP contribution >= 0.6 is 0 Å². The van der Waals surface area contributed by atoms with Gasteiger partial charge < -0.3 is 5.32 Å². The molecule has 0 spiro atoms. The summed E-state index contributed by atoms with van der Waals surface area (Å²) in [5.41, 5.74) is 2.96. The van der Waals surface area contributed by atoms with E-state index in [-0.39, 0.29) is 10.6 Å². The molecule has 1 N–H and O–H groups in total. The standard InChI is InChI=1S/C13H17N5O2/c1-9-6-15-12(10(2)13(9)18(19)20)8-14-7-11-4-5-17(3)16-11/h4-6,14H,7-8H2,1-3H3. The van der Waals surface area contributed by atoms with Crippen LogP contribution in [0.25, 0.3) is 0 Å². The SMILES string of the molecule is Cc1cnc(CNCc2ccn(C)n2)c(C)c1[N+](=O)[O-]. The van der Waals surface area contributed by atoms with E-state index in [0.717, 1.165) is 5.69 Å². The van der Waals surface area contributed by atoms with Crippen molar-refractivity contribution in [3.63, 3.8) is 0 Å². The first-order valence-corrected chi connectivity index (χ1v) is 6.27. The lowest BCUT2D eigenvalue weighted by Crippen LogP contribution is -2.16. The summed E-state index contributed by atoms with van der Waals surface area (Å²) in [6.45, 7) is 4.51. The maximum atomic E-state index is 11.0. The van der Waals surface area contributed by atoms with Gasteiger partial charge in [0.25, 0.3) is 5.69 Å². The topological polar surface area (TPSA) is 85.9 Å². The minimum Gasteiger partial charge on any atom is -0.305 e. The van der Waals surface area contributed by atoms with Crippen LogP contribution < -0.4 is 5.32 Å². The first kappa shape index (κ1) is 14.1. The number of rotatable bonds is 5. The Hall–Kier alpha value is -2.28. The van der Waals surface area contributed by atoms with E-state index in [9.17, 15) is 10.1 Å². The van der Waals surface area contributed by atoms with E-state index in [0.29, 0.717) is 29.9 Å². The molecule has 0 bridgehead atoms. The zero-order chi connectivity index (χ0) is 14.7. The average Bonchev–Trinajstić information content (AvgIpc) is 2.77. The highest BCUT2D eigenvalue weighted by Gasteiger charge is 2.18. The van der Waals surface area contributed by atoms with Crippen LogP contribution in [0.1, 0.15) is 22.5 Å². The number of hydrogen-bond donors (Lipinski definition) is 1. The number of aromatic nitrogens is 3. The molecule has 0 amide bonds. The van der Waals surface area contributed by atoms with Crippen LogP contribution in [0.5, 0.6) is 0 Å². The molecular formula is C13H17N5O2. The lowest BCUT2D eigenvalue weighted by atomic mass is 10.1. The van der Waals surface area contributed by atoms with E-state index in [2.05, 4.69) is 15.4 Å². The Kier molecular flexibility index (Phi) is 4.09. The molecule has 2 aromatic rings. The summed E-state index contributed by atoms with van der Waals surface area (Å²) < 4.78 is 1.73. The number of nitro groups is 1. The molecule has 0 saturated carbocycles. The van der Waals surface area contributed by atoms with E-state index >= 15 is 0 Å². The summed E-state index contributed by atoms with van der Waals surface area (Å²) in [6, 6.07) is 1.92. The first-order valence-electron chi connectivity index (χ1n) is 6.27. The van der Waals surface area contributed by atoms with Crippen LogP contribution in [-0.2, 0) is 20.1 Å². The van der Waals surface area contributed by atoms with Gasteiger partial charge in [-0.1, -0.05) is 0 Å². The van der Waals surface area contributed by atoms with Crippen molar-refractivity contribution in [2.45, 2.75) is 26.9 Å². The summed E-state index contributed by atoms with van der Waals surface area (Å²) >= 11 is 0. The number of nitrogens with one attached hydrogen (secondary N) is 1. The van der Waals surface area contributed by atoms with Gasteiger partial charge in [-0.25, -0.2) is 0 Å². The zero-order valence-corrected chi connectivity index (χ0v) is 11.8. The van der Waals surface area contributed by atoms with Gasteiger partial charge in [-0.15, -0.1) is 0 Å². The Labute approximate surface area is 116 Å². The lowest BCUT2D eigenvalue weighted by molar-refractivity contribution is -0.386. The second-order valence-electron chi connectivity index (χ2n) is 4.70. The Morgan fingerprint density at radius 1 is 1.40 bits per heavy atom. The quantitative estimate of drug-likeness (QED) is 0.662.